The molecule has 1 atom stereocenters. The summed E-state index contributed by atoms with van der Waals surface area (Å²) in [5.41, 5.74) is -0.330. The van der Waals surface area contributed by atoms with Gasteiger partial charge in [0.1, 0.15) is 18.8 Å². The average molecular weight is 401 g/mol. The normalized spacial score (nSPS) is 20.9. The Morgan fingerprint density at radius 1 is 1.11 bits per heavy atom. The van der Waals surface area contributed by atoms with Crippen molar-refractivity contribution < 1.29 is 23.9 Å². The number of nitrogens with one attached hydrogen (secondary N) is 1. The molecule has 0 bridgehead atoms. The Morgan fingerprint density at radius 3 is 2.50 bits per heavy atom. The number of amides is 3. The lowest BCUT2D eigenvalue weighted by atomic mass is 9.92. The number of fused-ring (bicyclic) bond motifs is 1. The van der Waals surface area contributed by atoms with E-state index < -0.39 is 17.5 Å². The molecule has 1 unspecified atom stereocenters. The minimum absolute atomic E-state index is 0.338. The number of ether oxygens (including phenoxy) is 2. The molecule has 4 rings (SSSR count). The first-order chi connectivity index (χ1) is 13.4. The molecular formula is C20H17ClN2O5. The van der Waals surface area contributed by atoms with Gasteiger partial charge in [0, 0.05) is 10.6 Å². The molecule has 144 valence electrons. The van der Waals surface area contributed by atoms with Crippen molar-refractivity contribution in [1.82, 2.24) is 10.2 Å². The fraction of sp³-hybridized carbons (Fsp3) is 0.250. The van der Waals surface area contributed by atoms with Crippen LogP contribution in [0.1, 0.15) is 22.8 Å². The Labute approximate surface area is 166 Å². The molecule has 2 aromatic rings. The number of ketones is 1. The molecule has 0 radical (unpaired) electrons. The van der Waals surface area contributed by atoms with Crippen LogP contribution in [0.2, 0.25) is 5.02 Å². The third-order valence-corrected chi connectivity index (χ3v) is 5.11. The average Bonchev–Trinajstić information content (AvgIpc) is 2.92. The van der Waals surface area contributed by atoms with E-state index in [-0.39, 0.29) is 12.3 Å². The third kappa shape index (κ3) is 3.07. The monoisotopic (exact) mass is 400 g/mol. The number of urea groups is 1. The van der Waals surface area contributed by atoms with Crippen LogP contribution in [0.4, 0.5) is 4.79 Å². The minimum atomic E-state index is -1.26. The van der Waals surface area contributed by atoms with Gasteiger partial charge in [0.25, 0.3) is 5.91 Å². The molecule has 28 heavy (non-hydrogen) atoms. The van der Waals surface area contributed by atoms with Crippen LogP contribution in [-0.4, -0.2) is 42.4 Å². The predicted octanol–water partition coefficient (Wildman–Crippen LogP) is 2.76. The van der Waals surface area contributed by atoms with Crippen molar-refractivity contribution in [3.63, 3.8) is 0 Å². The zero-order chi connectivity index (χ0) is 19.9. The Morgan fingerprint density at radius 2 is 1.79 bits per heavy atom. The summed E-state index contributed by atoms with van der Waals surface area (Å²) in [4.78, 5) is 39.0. The van der Waals surface area contributed by atoms with Crippen LogP contribution < -0.4 is 14.8 Å². The van der Waals surface area contributed by atoms with Gasteiger partial charge in [0.15, 0.2) is 17.3 Å². The van der Waals surface area contributed by atoms with Gasteiger partial charge in [-0.3, -0.25) is 14.5 Å². The van der Waals surface area contributed by atoms with E-state index in [9.17, 15) is 14.4 Å². The molecular weight excluding hydrogens is 384 g/mol. The summed E-state index contributed by atoms with van der Waals surface area (Å²) in [6.45, 7) is 2.08. The Kier molecular flexibility index (Phi) is 4.47. The maximum Gasteiger partial charge on any atom is 0.325 e. The van der Waals surface area contributed by atoms with Crippen LogP contribution in [0, 0.1) is 0 Å². The minimum Gasteiger partial charge on any atom is -0.486 e. The summed E-state index contributed by atoms with van der Waals surface area (Å²) in [6.07, 6.45) is 0. The highest BCUT2D eigenvalue weighted by atomic mass is 35.5. The van der Waals surface area contributed by atoms with Crippen molar-refractivity contribution >= 4 is 29.3 Å². The smallest absolute Gasteiger partial charge is 0.325 e. The predicted molar refractivity (Wildman–Crippen MR) is 101 cm³/mol. The Hall–Kier alpha value is -3.06. The molecule has 0 aromatic heterocycles. The number of hydrogen-bond donors (Lipinski definition) is 1. The first kappa shape index (κ1) is 18.3. The second-order valence-electron chi connectivity index (χ2n) is 6.73. The van der Waals surface area contributed by atoms with Crippen molar-refractivity contribution in [1.29, 1.82) is 0 Å². The molecule has 0 aliphatic carbocycles. The van der Waals surface area contributed by atoms with E-state index in [1.54, 1.807) is 49.4 Å². The first-order valence-electron chi connectivity index (χ1n) is 8.71. The van der Waals surface area contributed by atoms with Gasteiger partial charge in [0.05, 0.1) is 6.54 Å². The zero-order valence-electron chi connectivity index (χ0n) is 15.0. The number of nitrogens with zero attached hydrogens (tertiary/aromatic N) is 1. The number of halogens is 1. The SMILES string of the molecule is CC1(c2ccc(Cl)cc2)NC(=O)N(CC(=O)c2ccc3c(c2)OCCO3)C1=O. The molecule has 1 saturated heterocycles. The van der Waals surface area contributed by atoms with Gasteiger partial charge < -0.3 is 14.8 Å². The van der Waals surface area contributed by atoms with Crippen molar-refractivity contribution in [3.05, 3.63) is 58.6 Å². The summed E-state index contributed by atoms with van der Waals surface area (Å²) >= 11 is 5.90. The van der Waals surface area contributed by atoms with Gasteiger partial charge in [-0.1, -0.05) is 23.7 Å². The van der Waals surface area contributed by atoms with E-state index in [4.69, 9.17) is 21.1 Å². The second-order valence-corrected chi connectivity index (χ2v) is 7.17. The molecule has 2 aliphatic rings. The molecule has 0 spiro atoms. The maximum absolute atomic E-state index is 12.9. The van der Waals surface area contributed by atoms with Crippen molar-refractivity contribution in [2.45, 2.75) is 12.5 Å². The Bertz CT molecular complexity index is 975. The Balaban J connectivity index is 1.55. The quantitative estimate of drug-likeness (QED) is 0.630. The fourth-order valence-electron chi connectivity index (χ4n) is 3.27. The number of carbonyl (C=O) groups excluding carboxylic acids is 3. The summed E-state index contributed by atoms with van der Waals surface area (Å²) in [5.74, 6) is 0.167. The molecule has 3 amide bonds. The van der Waals surface area contributed by atoms with Gasteiger partial charge in [-0.15, -0.1) is 0 Å². The van der Waals surface area contributed by atoms with Gasteiger partial charge in [0.2, 0.25) is 0 Å². The number of rotatable bonds is 4. The lowest BCUT2D eigenvalue weighted by molar-refractivity contribution is -0.130. The van der Waals surface area contributed by atoms with Gasteiger partial charge >= 0.3 is 6.03 Å². The molecule has 1 fully saturated rings. The summed E-state index contributed by atoms with van der Waals surface area (Å²) in [5, 5.41) is 3.19. The van der Waals surface area contributed by atoms with Crippen molar-refractivity contribution in [3.8, 4) is 11.5 Å². The number of carbonyl (C=O) groups is 3. The largest absolute Gasteiger partial charge is 0.486 e. The molecule has 7 nitrogen and oxygen atoms in total. The highest BCUT2D eigenvalue weighted by Crippen LogP contribution is 2.32. The summed E-state index contributed by atoms with van der Waals surface area (Å²) in [7, 11) is 0. The molecule has 2 aromatic carbocycles. The highest BCUT2D eigenvalue weighted by molar-refractivity contribution is 6.30. The molecule has 2 aliphatic heterocycles. The van der Waals surface area contributed by atoms with E-state index in [1.165, 1.54) is 0 Å². The fourth-order valence-corrected chi connectivity index (χ4v) is 3.40. The van der Waals surface area contributed by atoms with E-state index >= 15 is 0 Å². The first-order valence-corrected chi connectivity index (χ1v) is 9.09. The van der Waals surface area contributed by atoms with Crippen LogP contribution in [0.5, 0.6) is 11.5 Å². The van der Waals surface area contributed by atoms with E-state index in [0.29, 0.717) is 40.9 Å². The maximum atomic E-state index is 12.9. The third-order valence-electron chi connectivity index (χ3n) is 4.86. The highest BCUT2D eigenvalue weighted by Gasteiger charge is 2.49. The lowest BCUT2D eigenvalue weighted by Crippen LogP contribution is -2.41. The topological polar surface area (TPSA) is 84.9 Å². The van der Waals surface area contributed by atoms with Crippen molar-refractivity contribution in [2.24, 2.45) is 0 Å². The van der Waals surface area contributed by atoms with Crippen LogP contribution in [0.25, 0.3) is 0 Å². The summed E-state index contributed by atoms with van der Waals surface area (Å²) in [6, 6.07) is 10.8. The van der Waals surface area contributed by atoms with Gasteiger partial charge in [-0.05, 0) is 42.8 Å². The lowest BCUT2D eigenvalue weighted by Gasteiger charge is -2.22. The number of Topliss-reactive ketones (excluding diaryl/α,β-unsaturated/α-hetero) is 1. The van der Waals surface area contributed by atoms with Crippen molar-refractivity contribution in [2.75, 3.05) is 19.8 Å². The van der Waals surface area contributed by atoms with Crippen LogP contribution >= 0.6 is 11.6 Å². The standard InChI is InChI=1S/C20H17ClN2O5/c1-20(13-3-5-14(21)6-4-13)18(25)23(19(26)22-20)11-15(24)12-2-7-16-17(10-12)28-9-8-27-16/h2-7,10H,8-9,11H2,1H3,(H,22,26). The summed E-state index contributed by atoms with van der Waals surface area (Å²) < 4.78 is 10.9. The van der Waals surface area contributed by atoms with Gasteiger partial charge in [-0.25, -0.2) is 4.79 Å². The van der Waals surface area contributed by atoms with E-state index in [1.807, 2.05) is 0 Å². The molecule has 0 saturated carbocycles. The molecule has 1 N–H and O–H groups in total. The van der Waals surface area contributed by atoms with Crippen LogP contribution in [0.3, 0.4) is 0 Å². The number of benzene rings is 2. The zero-order valence-corrected chi connectivity index (χ0v) is 15.8. The molecule has 8 heteroatoms. The van der Waals surface area contributed by atoms with E-state index in [2.05, 4.69) is 5.32 Å². The number of hydrogen-bond acceptors (Lipinski definition) is 5. The van der Waals surface area contributed by atoms with Crippen LogP contribution in [0.15, 0.2) is 42.5 Å². The van der Waals surface area contributed by atoms with Crippen LogP contribution in [-0.2, 0) is 10.3 Å². The van der Waals surface area contributed by atoms with Gasteiger partial charge in [-0.2, -0.15) is 0 Å². The molecule has 2 heterocycles. The second kappa shape index (κ2) is 6.83. The number of imide groups is 1. The van der Waals surface area contributed by atoms with E-state index in [0.717, 1.165) is 4.90 Å².